The summed E-state index contributed by atoms with van der Waals surface area (Å²) in [6.07, 6.45) is 4.50. The summed E-state index contributed by atoms with van der Waals surface area (Å²) in [7, 11) is 0. The minimum atomic E-state index is 0.0788. The molecule has 0 bridgehead atoms. The molecule has 0 amide bonds. The molecule has 0 saturated carbocycles. The van der Waals surface area contributed by atoms with Crippen molar-refractivity contribution < 1.29 is 14.3 Å². The zero-order valence-corrected chi connectivity index (χ0v) is 11.3. The number of ether oxygens (including phenoxy) is 2. The van der Waals surface area contributed by atoms with Crippen LogP contribution in [0.5, 0.6) is 5.75 Å². The summed E-state index contributed by atoms with van der Waals surface area (Å²) in [5.74, 6) is 0.720. The monoisotopic (exact) mass is 251 g/mol. The number of carbonyl (C=O) groups is 1. The third-order valence-electron chi connectivity index (χ3n) is 2.30. The van der Waals surface area contributed by atoms with Gasteiger partial charge in [0.1, 0.15) is 5.75 Å². The highest BCUT2D eigenvalue weighted by molar-refractivity contribution is 5.96. The third-order valence-corrected chi connectivity index (χ3v) is 2.30. The number of hydrogen-bond donors (Lipinski definition) is 0. The molecule has 0 unspecified atom stereocenters. The van der Waals surface area contributed by atoms with Gasteiger partial charge in [0, 0.05) is 31.4 Å². The van der Waals surface area contributed by atoms with E-state index in [4.69, 9.17) is 9.47 Å². The minimum absolute atomic E-state index is 0.0788. The molecule has 1 aromatic heterocycles. The highest BCUT2D eigenvalue weighted by Gasteiger charge is 2.08. The van der Waals surface area contributed by atoms with Crippen molar-refractivity contribution in [2.24, 2.45) is 0 Å². The third kappa shape index (κ3) is 5.27. The van der Waals surface area contributed by atoms with E-state index in [9.17, 15) is 4.79 Å². The Morgan fingerprint density at radius 3 is 2.83 bits per heavy atom. The van der Waals surface area contributed by atoms with E-state index in [1.807, 2.05) is 20.8 Å². The van der Waals surface area contributed by atoms with Crippen molar-refractivity contribution in [1.29, 1.82) is 0 Å². The number of pyridine rings is 1. The van der Waals surface area contributed by atoms with E-state index in [2.05, 4.69) is 4.98 Å². The maximum Gasteiger partial charge on any atom is 0.164 e. The molecule has 1 aromatic rings. The van der Waals surface area contributed by atoms with Crippen LogP contribution in [0.1, 0.15) is 44.0 Å². The molecule has 1 heterocycles. The first-order chi connectivity index (χ1) is 8.63. The number of nitrogens with zero attached hydrogens (tertiary/aromatic N) is 1. The zero-order chi connectivity index (χ0) is 13.4. The van der Waals surface area contributed by atoms with Gasteiger partial charge in [-0.15, -0.1) is 0 Å². The molecule has 0 radical (unpaired) electrons. The zero-order valence-electron chi connectivity index (χ0n) is 11.3. The molecule has 0 N–H and O–H groups in total. The van der Waals surface area contributed by atoms with Gasteiger partial charge in [0.2, 0.25) is 0 Å². The van der Waals surface area contributed by atoms with Crippen LogP contribution in [-0.4, -0.2) is 30.1 Å². The summed E-state index contributed by atoms with van der Waals surface area (Å²) in [6.45, 7) is 7.14. The predicted octanol–water partition coefficient (Wildman–Crippen LogP) is 2.87. The summed E-state index contributed by atoms with van der Waals surface area (Å²) in [5.41, 5.74) is 0.602. The lowest BCUT2D eigenvalue weighted by Gasteiger charge is -2.09. The molecular formula is C14H21NO3. The van der Waals surface area contributed by atoms with Gasteiger partial charge in [0.15, 0.2) is 5.78 Å². The molecule has 100 valence electrons. The van der Waals surface area contributed by atoms with Crippen molar-refractivity contribution in [3.63, 3.8) is 0 Å². The Bertz CT molecular complexity index is 377. The number of carbonyl (C=O) groups excluding carboxylic acids is 1. The van der Waals surface area contributed by atoms with Crippen molar-refractivity contribution in [1.82, 2.24) is 4.98 Å². The van der Waals surface area contributed by atoms with Crippen molar-refractivity contribution in [2.75, 3.05) is 13.2 Å². The average Bonchev–Trinajstić information content (AvgIpc) is 2.34. The van der Waals surface area contributed by atoms with Gasteiger partial charge in [-0.05, 0) is 33.3 Å². The molecule has 0 atom stereocenters. The number of aromatic nitrogens is 1. The van der Waals surface area contributed by atoms with Crippen LogP contribution in [0, 0.1) is 0 Å². The lowest BCUT2D eigenvalue weighted by molar-refractivity contribution is 0.0946. The molecule has 4 nitrogen and oxygen atoms in total. The molecule has 18 heavy (non-hydrogen) atoms. The fourth-order valence-corrected chi connectivity index (χ4v) is 1.53. The van der Waals surface area contributed by atoms with Gasteiger partial charge in [-0.25, -0.2) is 0 Å². The Morgan fingerprint density at radius 2 is 2.17 bits per heavy atom. The van der Waals surface area contributed by atoms with Gasteiger partial charge in [0.25, 0.3) is 0 Å². The standard InChI is InChI=1S/C14H21NO3/c1-4-17-7-5-6-14(16)12-8-13(10-15-9-12)18-11(2)3/h8-11H,4-7H2,1-3H3. The van der Waals surface area contributed by atoms with Gasteiger partial charge in [-0.2, -0.15) is 0 Å². The summed E-state index contributed by atoms with van der Waals surface area (Å²) in [6, 6.07) is 1.75. The van der Waals surface area contributed by atoms with E-state index < -0.39 is 0 Å². The number of hydrogen-bond acceptors (Lipinski definition) is 4. The van der Waals surface area contributed by atoms with E-state index in [-0.39, 0.29) is 11.9 Å². The number of rotatable bonds is 8. The van der Waals surface area contributed by atoms with Crippen LogP contribution >= 0.6 is 0 Å². The normalized spacial score (nSPS) is 10.7. The van der Waals surface area contributed by atoms with Crippen LogP contribution in [0.3, 0.4) is 0 Å². The van der Waals surface area contributed by atoms with Crippen molar-refractivity contribution >= 4 is 5.78 Å². The smallest absolute Gasteiger partial charge is 0.164 e. The minimum Gasteiger partial charge on any atom is -0.489 e. The Balaban J connectivity index is 2.51. The first-order valence-electron chi connectivity index (χ1n) is 6.36. The molecule has 0 saturated heterocycles. The SMILES string of the molecule is CCOCCCC(=O)c1cncc(OC(C)C)c1. The van der Waals surface area contributed by atoms with Crippen LogP contribution in [0.4, 0.5) is 0 Å². The molecular weight excluding hydrogens is 230 g/mol. The number of Topliss-reactive ketones (excluding diaryl/α,β-unsaturated/α-hetero) is 1. The van der Waals surface area contributed by atoms with Crippen LogP contribution in [-0.2, 0) is 4.74 Å². The van der Waals surface area contributed by atoms with Crippen molar-refractivity contribution in [3.05, 3.63) is 24.0 Å². The first kappa shape index (κ1) is 14.6. The maximum absolute atomic E-state index is 11.9. The topological polar surface area (TPSA) is 48.4 Å². The summed E-state index contributed by atoms with van der Waals surface area (Å²) in [4.78, 5) is 15.9. The molecule has 0 spiro atoms. The Labute approximate surface area is 108 Å². The fraction of sp³-hybridized carbons (Fsp3) is 0.571. The van der Waals surface area contributed by atoms with E-state index in [0.29, 0.717) is 30.9 Å². The average molecular weight is 251 g/mol. The largest absolute Gasteiger partial charge is 0.489 e. The molecule has 1 rings (SSSR count). The lowest BCUT2D eigenvalue weighted by Crippen LogP contribution is -2.07. The van der Waals surface area contributed by atoms with E-state index >= 15 is 0 Å². The molecule has 0 fully saturated rings. The molecule has 0 aliphatic heterocycles. The summed E-state index contributed by atoms with van der Waals surface area (Å²) in [5, 5.41) is 0. The molecule has 4 heteroatoms. The molecule has 0 aromatic carbocycles. The van der Waals surface area contributed by atoms with Crippen LogP contribution in [0.25, 0.3) is 0 Å². The van der Waals surface area contributed by atoms with Crippen LogP contribution < -0.4 is 4.74 Å². The Morgan fingerprint density at radius 1 is 1.39 bits per heavy atom. The van der Waals surface area contributed by atoms with Gasteiger partial charge < -0.3 is 9.47 Å². The second-order valence-electron chi connectivity index (χ2n) is 4.30. The van der Waals surface area contributed by atoms with Crippen molar-refractivity contribution in [2.45, 2.75) is 39.7 Å². The predicted molar refractivity (Wildman–Crippen MR) is 70.1 cm³/mol. The van der Waals surface area contributed by atoms with Crippen LogP contribution in [0.15, 0.2) is 18.5 Å². The fourth-order valence-electron chi connectivity index (χ4n) is 1.53. The first-order valence-corrected chi connectivity index (χ1v) is 6.36. The van der Waals surface area contributed by atoms with Gasteiger partial charge in [-0.1, -0.05) is 0 Å². The highest BCUT2D eigenvalue weighted by atomic mass is 16.5. The van der Waals surface area contributed by atoms with Crippen molar-refractivity contribution in [3.8, 4) is 5.75 Å². The summed E-state index contributed by atoms with van der Waals surface area (Å²) >= 11 is 0. The lowest BCUT2D eigenvalue weighted by atomic mass is 10.1. The number of ketones is 1. The van der Waals surface area contributed by atoms with Crippen LogP contribution in [0.2, 0.25) is 0 Å². The summed E-state index contributed by atoms with van der Waals surface area (Å²) < 4.78 is 10.7. The maximum atomic E-state index is 11.9. The quantitative estimate of drug-likeness (QED) is 0.526. The molecule has 0 aliphatic rings. The second kappa shape index (κ2) is 7.82. The van der Waals surface area contributed by atoms with Gasteiger partial charge in [-0.3, -0.25) is 9.78 Å². The Kier molecular flexibility index (Phi) is 6.36. The van der Waals surface area contributed by atoms with E-state index in [1.165, 1.54) is 0 Å². The van der Waals surface area contributed by atoms with Gasteiger partial charge >= 0.3 is 0 Å². The molecule has 0 aliphatic carbocycles. The Hall–Kier alpha value is -1.42. The van der Waals surface area contributed by atoms with E-state index in [1.54, 1.807) is 18.5 Å². The highest BCUT2D eigenvalue weighted by Crippen LogP contribution is 2.14. The van der Waals surface area contributed by atoms with Gasteiger partial charge in [0.05, 0.1) is 12.3 Å². The van der Waals surface area contributed by atoms with E-state index in [0.717, 1.165) is 6.42 Å². The second-order valence-corrected chi connectivity index (χ2v) is 4.30.